The first-order valence-electron chi connectivity index (χ1n) is 11.0. The highest BCUT2D eigenvalue weighted by atomic mass is 32.1. The number of aryl methyl sites for hydroxylation is 2. The Bertz CT molecular complexity index is 1240. The number of anilines is 1. The van der Waals surface area contributed by atoms with Crippen molar-refractivity contribution < 1.29 is 23.9 Å². The summed E-state index contributed by atoms with van der Waals surface area (Å²) in [4.78, 5) is 47.4. The van der Waals surface area contributed by atoms with Crippen molar-refractivity contribution in [2.75, 3.05) is 11.9 Å². The fourth-order valence-electron chi connectivity index (χ4n) is 3.98. The molecule has 1 aliphatic rings. The minimum atomic E-state index is -1.00. The van der Waals surface area contributed by atoms with Gasteiger partial charge in [-0.15, -0.1) is 0 Å². The number of nitrogens with one attached hydrogen (secondary N) is 1. The molecule has 8 nitrogen and oxygen atoms in total. The van der Waals surface area contributed by atoms with Crippen LogP contribution in [0.25, 0.3) is 10.9 Å². The normalized spacial score (nSPS) is 13.4. The molecule has 1 atom stereocenters. The number of esters is 2. The predicted octanol–water partition coefficient (Wildman–Crippen LogP) is 4.24. The van der Waals surface area contributed by atoms with E-state index in [1.54, 1.807) is 20.8 Å². The van der Waals surface area contributed by atoms with Crippen LogP contribution in [-0.4, -0.2) is 40.5 Å². The quantitative estimate of drug-likeness (QED) is 0.518. The molecule has 0 saturated heterocycles. The van der Waals surface area contributed by atoms with Gasteiger partial charge in [-0.25, -0.2) is 14.6 Å². The van der Waals surface area contributed by atoms with Crippen LogP contribution in [0.2, 0.25) is 0 Å². The molecule has 0 aliphatic heterocycles. The number of hydrogen-bond donors (Lipinski definition) is 1. The first kappa shape index (κ1) is 22.8. The molecule has 1 amide bonds. The molecule has 1 aromatic carbocycles. The van der Waals surface area contributed by atoms with E-state index in [1.807, 2.05) is 24.3 Å². The number of ether oxygens (including phenoxy) is 2. The fraction of sp³-hybridized carbons (Fsp3) is 0.375. The van der Waals surface area contributed by atoms with Gasteiger partial charge in [0.25, 0.3) is 5.91 Å². The van der Waals surface area contributed by atoms with E-state index in [2.05, 4.69) is 10.3 Å². The van der Waals surface area contributed by atoms with E-state index in [0.717, 1.165) is 52.8 Å². The Morgan fingerprint density at radius 2 is 1.91 bits per heavy atom. The van der Waals surface area contributed by atoms with E-state index in [9.17, 15) is 14.4 Å². The average Bonchev–Trinajstić information content (AvgIpc) is 3.41. The van der Waals surface area contributed by atoms with Crippen molar-refractivity contribution in [1.29, 1.82) is 0 Å². The van der Waals surface area contributed by atoms with Gasteiger partial charge in [0.05, 0.1) is 23.4 Å². The number of rotatable bonds is 7. The van der Waals surface area contributed by atoms with Crippen LogP contribution in [0, 0.1) is 6.92 Å². The van der Waals surface area contributed by atoms with Gasteiger partial charge >= 0.3 is 11.9 Å². The van der Waals surface area contributed by atoms with Gasteiger partial charge in [0.15, 0.2) is 11.2 Å². The second-order valence-electron chi connectivity index (χ2n) is 7.73. The SMILES string of the molecule is CCOC(=O)c1sc(NC(=O)C(CC)OC(=O)c2c3c(nc4ccccc24)CCC3)nc1C. The highest BCUT2D eigenvalue weighted by Crippen LogP contribution is 2.31. The van der Waals surface area contributed by atoms with Gasteiger partial charge in [-0.1, -0.05) is 36.5 Å². The Morgan fingerprint density at radius 3 is 2.67 bits per heavy atom. The van der Waals surface area contributed by atoms with Crippen molar-refractivity contribution in [3.8, 4) is 0 Å². The third-order valence-corrected chi connectivity index (χ3v) is 6.58. The highest BCUT2D eigenvalue weighted by molar-refractivity contribution is 7.17. The van der Waals surface area contributed by atoms with Gasteiger partial charge in [-0.05, 0) is 51.2 Å². The molecular formula is C24H25N3O5S. The number of nitrogens with zero attached hydrogens (tertiary/aromatic N) is 2. The second kappa shape index (κ2) is 9.66. The summed E-state index contributed by atoms with van der Waals surface area (Å²) in [6.07, 6.45) is 1.80. The molecular weight excluding hydrogens is 442 g/mol. The molecule has 9 heteroatoms. The van der Waals surface area contributed by atoms with E-state index in [1.165, 1.54) is 0 Å². The van der Waals surface area contributed by atoms with Gasteiger partial charge < -0.3 is 9.47 Å². The van der Waals surface area contributed by atoms with E-state index in [0.29, 0.717) is 16.1 Å². The number of fused-ring (bicyclic) bond motifs is 2. The minimum absolute atomic E-state index is 0.249. The number of pyridine rings is 1. The topological polar surface area (TPSA) is 107 Å². The number of para-hydroxylation sites is 1. The van der Waals surface area contributed by atoms with Crippen LogP contribution < -0.4 is 5.32 Å². The summed E-state index contributed by atoms with van der Waals surface area (Å²) < 4.78 is 10.7. The summed E-state index contributed by atoms with van der Waals surface area (Å²) in [5.41, 5.74) is 3.53. The predicted molar refractivity (Wildman–Crippen MR) is 125 cm³/mol. The lowest BCUT2D eigenvalue weighted by Crippen LogP contribution is -2.32. The summed E-state index contributed by atoms with van der Waals surface area (Å²) in [5.74, 6) is -1.51. The lowest BCUT2D eigenvalue weighted by molar-refractivity contribution is -0.124. The van der Waals surface area contributed by atoms with E-state index in [4.69, 9.17) is 14.5 Å². The Labute approximate surface area is 195 Å². The van der Waals surface area contributed by atoms with Crippen LogP contribution in [0.4, 0.5) is 5.13 Å². The van der Waals surface area contributed by atoms with Crippen LogP contribution in [0.5, 0.6) is 0 Å². The third kappa shape index (κ3) is 4.59. The first-order chi connectivity index (χ1) is 15.9. The molecule has 1 aliphatic carbocycles. The summed E-state index contributed by atoms with van der Waals surface area (Å²) in [6, 6.07) is 7.47. The van der Waals surface area contributed by atoms with Gasteiger partial charge in [-0.2, -0.15) is 0 Å². The molecule has 4 rings (SSSR count). The number of hydrogen-bond acceptors (Lipinski definition) is 8. The van der Waals surface area contributed by atoms with Crippen LogP contribution in [0.3, 0.4) is 0 Å². The van der Waals surface area contributed by atoms with E-state index < -0.39 is 23.9 Å². The van der Waals surface area contributed by atoms with Crippen molar-refractivity contribution in [3.05, 3.63) is 51.7 Å². The second-order valence-corrected chi connectivity index (χ2v) is 8.73. The van der Waals surface area contributed by atoms with Gasteiger partial charge in [0.2, 0.25) is 0 Å². The lowest BCUT2D eigenvalue weighted by Gasteiger charge is -2.17. The minimum Gasteiger partial charge on any atom is -0.462 e. The maximum Gasteiger partial charge on any atom is 0.350 e. The summed E-state index contributed by atoms with van der Waals surface area (Å²) in [5, 5.41) is 3.65. The van der Waals surface area contributed by atoms with Crippen molar-refractivity contribution in [2.24, 2.45) is 0 Å². The zero-order valence-electron chi connectivity index (χ0n) is 18.8. The summed E-state index contributed by atoms with van der Waals surface area (Å²) in [7, 11) is 0. The zero-order valence-corrected chi connectivity index (χ0v) is 19.6. The monoisotopic (exact) mass is 467 g/mol. The molecule has 0 fully saturated rings. The Hall–Kier alpha value is -3.33. The van der Waals surface area contributed by atoms with Crippen molar-refractivity contribution in [3.63, 3.8) is 0 Å². The molecule has 172 valence electrons. The van der Waals surface area contributed by atoms with Gasteiger partial charge in [0.1, 0.15) is 4.88 Å². The number of aromatic nitrogens is 2. The number of carbonyl (C=O) groups is 3. The Balaban J connectivity index is 1.54. The molecule has 3 aromatic rings. The molecule has 0 spiro atoms. The van der Waals surface area contributed by atoms with E-state index in [-0.39, 0.29) is 18.2 Å². The number of thiazole rings is 1. The molecule has 0 radical (unpaired) electrons. The Kier molecular flexibility index (Phi) is 6.69. The third-order valence-electron chi connectivity index (χ3n) is 5.52. The molecule has 0 saturated carbocycles. The molecule has 33 heavy (non-hydrogen) atoms. The zero-order chi connectivity index (χ0) is 23.5. The fourth-order valence-corrected chi connectivity index (χ4v) is 4.84. The van der Waals surface area contributed by atoms with Gasteiger partial charge in [-0.3, -0.25) is 15.1 Å². The van der Waals surface area contributed by atoms with Crippen molar-refractivity contribution in [2.45, 2.75) is 52.6 Å². The number of benzene rings is 1. The van der Waals surface area contributed by atoms with E-state index >= 15 is 0 Å². The summed E-state index contributed by atoms with van der Waals surface area (Å²) in [6.45, 7) is 5.41. The summed E-state index contributed by atoms with van der Waals surface area (Å²) >= 11 is 1.03. The van der Waals surface area contributed by atoms with Gasteiger partial charge in [0, 0.05) is 11.1 Å². The number of carbonyl (C=O) groups excluding carboxylic acids is 3. The maximum atomic E-state index is 13.3. The number of amides is 1. The Morgan fingerprint density at radius 1 is 1.12 bits per heavy atom. The smallest absolute Gasteiger partial charge is 0.350 e. The lowest BCUT2D eigenvalue weighted by atomic mass is 10.0. The average molecular weight is 468 g/mol. The van der Waals surface area contributed by atoms with Crippen LogP contribution >= 0.6 is 11.3 Å². The molecule has 2 aromatic heterocycles. The van der Waals surface area contributed by atoms with Crippen LogP contribution in [0.1, 0.15) is 63.7 Å². The first-order valence-corrected chi connectivity index (χ1v) is 11.8. The highest BCUT2D eigenvalue weighted by Gasteiger charge is 2.29. The van der Waals surface area contributed by atoms with Crippen molar-refractivity contribution in [1.82, 2.24) is 9.97 Å². The molecule has 0 bridgehead atoms. The largest absolute Gasteiger partial charge is 0.462 e. The molecule has 1 unspecified atom stereocenters. The maximum absolute atomic E-state index is 13.3. The van der Waals surface area contributed by atoms with Crippen molar-refractivity contribution >= 4 is 45.2 Å². The molecule has 2 heterocycles. The standard InChI is InChI=1S/C24H25N3O5S/c1-4-18(21(28)27-24-25-13(3)20(33-24)23(30)31-5-2)32-22(29)19-14-9-6-7-11-16(14)26-17-12-8-10-15(17)19/h6-7,9,11,18H,4-5,8,10,12H2,1-3H3,(H,25,27,28). The van der Waals surface area contributed by atoms with Crippen LogP contribution in [-0.2, 0) is 27.1 Å². The molecule has 1 N–H and O–H groups in total. The van der Waals surface area contributed by atoms with Crippen LogP contribution in [0.15, 0.2) is 24.3 Å².